The third-order valence-electron chi connectivity index (χ3n) is 4.24. The van der Waals surface area contributed by atoms with Crippen LogP contribution in [0.3, 0.4) is 0 Å². The number of aromatic amines is 1. The molecule has 0 spiro atoms. The zero-order valence-corrected chi connectivity index (χ0v) is 14.4. The Hall–Kier alpha value is -2.59. The van der Waals surface area contributed by atoms with E-state index in [0.717, 1.165) is 40.8 Å². The molecule has 0 aliphatic heterocycles. The van der Waals surface area contributed by atoms with E-state index in [1.165, 1.54) is 0 Å². The van der Waals surface area contributed by atoms with Gasteiger partial charge in [-0.05, 0) is 43.2 Å². The standard InChI is InChI=1S/C20H23N3O/c1-22(2)11-12-23(3)17-10-9-16-13-19(15-7-5-4-6-8-15)21-20(24)18(16)14-17/h4-10,13-14H,11-12H2,1-3H3,(H,21,24). The van der Waals surface area contributed by atoms with Gasteiger partial charge >= 0.3 is 0 Å². The van der Waals surface area contributed by atoms with E-state index >= 15 is 0 Å². The summed E-state index contributed by atoms with van der Waals surface area (Å²) in [4.78, 5) is 19.9. The molecule has 2 aromatic carbocycles. The van der Waals surface area contributed by atoms with Crippen LogP contribution in [0.25, 0.3) is 22.0 Å². The zero-order chi connectivity index (χ0) is 17.1. The summed E-state index contributed by atoms with van der Waals surface area (Å²) in [5.41, 5.74) is 2.88. The van der Waals surface area contributed by atoms with E-state index in [0.29, 0.717) is 0 Å². The minimum atomic E-state index is -0.0470. The number of likely N-dealkylation sites (N-methyl/N-ethyl adjacent to an activating group) is 2. The number of anilines is 1. The van der Waals surface area contributed by atoms with Crippen LogP contribution >= 0.6 is 0 Å². The first-order chi connectivity index (χ1) is 11.5. The molecule has 1 heterocycles. The van der Waals surface area contributed by atoms with Crippen LogP contribution in [0.1, 0.15) is 0 Å². The largest absolute Gasteiger partial charge is 0.373 e. The van der Waals surface area contributed by atoms with Gasteiger partial charge in [-0.25, -0.2) is 0 Å². The Balaban J connectivity index is 1.97. The van der Waals surface area contributed by atoms with E-state index in [1.54, 1.807) is 0 Å². The minimum Gasteiger partial charge on any atom is -0.373 e. The number of hydrogen-bond donors (Lipinski definition) is 1. The van der Waals surface area contributed by atoms with Crippen molar-refractivity contribution in [2.45, 2.75) is 0 Å². The quantitative estimate of drug-likeness (QED) is 0.784. The van der Waals surface area contributed by atoms with Crippen LogP contribution in [-0.2, 0) is 0 Å². The van der Waals surface area contributed by atoms with Crippen molar-refractivity contribution < 1.29 is 0 Å². The van der Waals surface area contributed by atoms with E-state index in [1.807, 2.05) is 48.5 Å². The minimum absolute atomic E-state index is 0.0470. The Bertz CT molecular complexity index is 884. The monoisotopic (exact) mass is 321 g/mol. The molecule has 124 valence electrons. The van der Waals surface area contributed by atoms with Crippen molar-refractivity contribution >= 4 is 16.5 Å². The van der Waals surface area contributed by atoms with E-state index in [4.69, 9.17) is 0 Å². The first kappa shape index (κ1) is 16.3. The van der Waals surface area contributed by atoms with Gasteiger partial charge < -0.3 is 14.8 Å². The Morgan fingerprint density at radius 3 is 2.38 bits per heavy atom. The lowest BCUT2D eigenvalue weighted by Gasteiger charge is -2.21. The predicted octanol–water partition coefficient (Wildman–Crippen LogP) is 3.19. The lowest BCUT2D eigenvalue weighted by molar-refractivity contribution is 0.416. The molecule has 0 bridgehead atoms. The lowest BCUT2D eigenvalue weighted by atomic mass is 10.1. The summed E-state index contributed by atoms with van der Waals surface area (Å²) in [6.45, 7) is 1.89. The molecule has 0 saturated heterocycles. The van der Waals surface area contributed by atoms with E-state index in [2.05, 4.69) is 42.0 Å². The number of nitrogens with one attached hydrogen (secondary N) is 1. The molecule has 1 aromatic heterocycles. The number of rotatable bonds is 5. The molecule has 3 rings (SSSR count). The molecular weight excluding hydrogens is 298 g/mol. The van der Waals surface area contributed by atoms with Gasteiger partial charge in [0, 0.05) is 36.9 Å². The van der Waals surface area contributed by atoms with Gasteiger partial charge in [0.25, 0.3) is 5.56 Å². The summed E-state index contributed by atoms with van der Waals surface area (Å²) < 4.78 is 0. The molecule has 4 nitrogen and oxygen atoms in total. The van der Waals surface area contributed by atoms with Crippen LogP contribution in [-0.4, -0.2) is 44.1 Å². The van der Waals surface area contributed by atoms with Gasteiger partial charge in [0.1, 0.15) is 0 Å². The molecule has 0 unspecified atom stereocenters. The van der Waals surface area contributed by atoms with Gasteiger partial charge in [-0.15, -0.1) is 0 Å². The van der Waals surface area contributed by atoms with Crippen molar-refractivity contribution in [3.05, 3.63) is 65.0 Å². The Kier molecular flexibility index (Phi) is 4.67. The fraction of sp³-hybridized carbons (Fsp3) is 0.250. The van der Waals surface area contributed by atoms with Crippen molar-refractivity contribution in [1.29, 1.82) is 0 Å². The van der Waals surface area contributed by atoms with Gasteiger partial charge in [-0.3, -0.25) is 4.79 Å². The van der Waals surface area contributed by atoms with Crippen molar-refractivity contribution in [2.75, 3.05) is 39.1 Å². The fourth-order valence-electron chi connectivity index (χ4n) is 2.74. The summed E-state index contributed by atoms with van der Waals surface area (Å²) in [5.74, 6) is 0. The van der Waals surface area contributed by atoms with Crippen molar-refractivity contribution in [3.8, 4) is 11.3 Å². The Labute approximate surface area is 142 Å². The molecule has 0 amide bonds. The summed E-state index contributed by atoms with van der Waals surface area (Å²) in [6.07, 6.45) is 0. The maximum absolute atomic E-state index is 12.5. The summed E-state index contributed by atoms with van der Waals surface area (Å²) >= 11 is 0. The number of aromatic nitrogens is 1. The van der Waals surface area contributed by atoms with Gasteiger partial charge in [0.05, 0.1) is 0 Å². The molecule has 0 aliphatic rings. The van der Waals surface area contributed by atoms with Gasteiger partial charge in [0.15, 0.2) is 0 Å². The highest BCUT2D eigenvalue weighted by Gasteiger charge is 2.07. The third kappa shape index (κ3) is 3.49. The van der Waals surface area contributed by atoms with Crippen LogP contribution in [0, 0.1) is 0 Å². The topological polar surface area (TPSA) is 39.3 Å². The van der Waals surface area contributed by atoms with Crippen LogP contribution < -0.4 is 10.5 Å². The molecule has 0 atom stereocenters. The van der Waals surface area contributed by atoms with Crippen LogP contribution in [0.5, 0.6) is 0 Å². The fourth-order valence-corrected chi connectivity index (χ4v) is 2.74. The molecule has 0 radical (unpaired) electrons. The second-order valence-corrected chi connectivity index (χ2v) is 6.37. The van der Waals surface area contributed by atoms with E-state index < -0.39 is 0 Å². The maximum Gasteiger partial charge on any atom is 0.256 e. The summed E-state index contributed by atoms with van der Waals surface area (Å²) in [5, 5.41) is 1.69. The van der Waals surface area contributed by atoms with Crippen molar-refractivity contribution in [2.24, 2.45) is 0 Å². The number of hydrogen-bond acceptors (Lipinski definition) is 3. The second-order valence-electron chi connectivity index (χ2n) is 6.37. The smallest absolute Gasteiger partial charge is 0.256 e. The van der Waals surface area contributed by atoms with Gasteiger partial charge in [-0.2, -0.15) is 0 Å². The first-order valence-corrected chi connectivity index (χ1v) is 8.13. The van der Waals surface area contributed by atoms with Crippen molar-refractivity contribution in [3.63, 3.8) is 0 Å². The molecular formula is C20H23N3O. The summed E-state index contributed by atoms with van der Waals surface area (Å²) in [7, 11) is 6.17. The zero-order valence-electron chi connectivity index (χ0n) is 14.4. The SMILES string of the molecule is CN(C)CCN(C)c1ccc2cc(-c3ccccc3)[nH]c(=O)c2c1. The number of H-pyrrole nitrogens is 1. The second kappa shape index (κ2) is 6.89. The Morgan fingerprint density at radius 2 is 1.67 bits per heavy atom. The average molecular weight is 321 g/mol. The molecule has 3 aromatic rings. The number of benzene rings is 2. The highest BCUT2D eigenvalue weighted by molar-refractivity contribution is 5.87. The summed E-state index contributed by atoms with van der Waals surface area (Å²) in [6, 6.07) is 18.0. The molecule has 1 N–H and O–H groups in total. The maximum atomic E-state index is 12.5. The molecule has 0 aliphatic carbocycles. The van der Waals surface area contributed by atoms with E-state index in [9.17, 15) is 4.79 Å². The lowest BCUT2D eigenvalue weighted by Crippen LogP contribution is -2.28. The van der Waals surface area contributed by atoms with E-state index in [-0.39, 0.29) is 5.56 Å². The molecule has 0 fully saturated rings. The van der Waals surface area contributed by atoms with Crippen LogP contribution in [0.15, 0.2) is 59.4 Å². The molecule has 24 heavy (non-hydrogen) atoms. The number of nitrogens with zero attached hydrogens (tertiary/aromatic N) is 2. The predicted molar refractivity (Wildman–Crippen MR) is 102 cm³/mol. The first-order valence-electron chi connectivity index (χ1n) is 8.13. The van der Waals surface area contributed by atoms with Gasteiger partial charge in [0.2, 0.25) is 0 Å². The van der Waals surface area contributed by atoms with Crippen LogP contribution in [0.2, 0.25) is 0 Å². The highest BCUT2D eigenvalue weighted by Crippen LogP contribution is 2.23. The molecule has 0 saturated carbocycles. The highest BCUT2D eigenvalue weighted by atomic mass is 16.1. The van der Waals surface area contributed by atoms with Crippen molar-refractivity contribution in [1.82, 2.24) is 9.88 Å². The number of fused-ring (bicyclic) bond motifs is 1. The number of pyridine rings is 1. The molecule has 4 heteroatoms. The average Bonchev–Trinajstić information content (AvgIpc) is 2.60. The third-order valence-corrected chi connectivity index (χ3v) is 4.24. The van der Waals surface area contributed by atoms with Crippen LogP contribution in [0.4, 0.5) is 5.69 Å². The van der Waals surface area contributed by atoms with Gasteiger partial charge in [-0.1, -0.05) is 36.4 Å². The Morgan fingerprint density at radius 1 is 0.917 bits per heavy atom. The normalized spacial score (nSPS) is 11.2.